The molecule has 8 atom stereocenters. The van der Waals surface area contributed by atoms with Gasteiger partial charge in [-0.1, -0.05) is 20.3 Å². The number of hydrogen-bond donors (Lipinski definition) is 0. The van der Waals surface area contributed by atoms with Crippen LogP contribution in [0.4, 0.5) is 0 Å². The van der Waals surface area contributed by atoms with Crippen LogP contribution in [0, 0.1) is 29.6 Å². The lowest BCUT2D eigenvalue weighted by atomic mass is 9.61. The molecule has 0 aromatic rings. The summed E-state index contributed by atoms with van der Waals surface area (Å²) in [6.07, 6.45) is 5.31. The van der Waals surface area contributed by atoms with Crippen molar-refractivity contribution in [2.45, 2.75) is 65.1 Å². The van der Waals surface area contributed by atoms with Gasteiger partial charge < -0.3 is 14.2 Å². The van der Waals surface area contributed by atoms with Gasteiger partial charge in [0.25, 0.3) is 0 Å². The fraction of sp³-hybridized carbons (Fsp3) is 1.00. The molecule has 0 spiro atoms. The van der Waals surface area contributed by atoms with Crippen LogP contribution in [0.3, 0.4) is 0 Å². The second-order valence-electron chi connectivity index (χ2n) is 6.95. The van der Waals surface area contributed by atoms with Gasteiger partial charge in [-0.25, -0.2) is 0 Å². The molecule has 0 aromatic heterocycles. The summed E-state index contributed by atoms with van der Waals surface area (Å²) in [7, 11) is 1.75. The van der Waals surface area contributed by atoms with Crippen LogP contribution in [0.25, 0.3) is 0 Å². The van der Waals surface area contributed by atoms with Gasteiger partial charge in [-0.3, -0.25) is 0 Å². The predicted molar refractivity (Wildman–Crippen MR) is 73.5 cm³/mol. The van der Waals surface area contributed by atoms with E-state index in [0.717, 1.165) is 11.8 Å². The van der Waals surface area contributed by atoms with Crippen LogP contribution >= 0.6 is 0 Å². The Morgan fingerprint density at radius 1 is 0.895 bits per heavy atom. The van der Waals surface area contributed by atoms with Gasteiger partial charge in [0.1, 0.15) is 0 Å². The van der Waals surface area contributed by atoms with Crippen molar-refractivity contribution >= 4 is 0 Å². The quantitative estimate of drug-likeness (QED) is 0.729. The Hall–Kier alpha value is -0.120. The highest BCUT2D eigenvalue weighted by Gasteiger charge is 2.52. The van der Waals surface area contributed by atoms with Gasteiger partial charge in [-0.2, -0.15) is 0 Å². The third-order valence-corrected chi connectivity index (χ3v) is 5.87. The molecule has 2 saturated heterocycles. The summed E-state index contributed by atoms with van der Waals surface area (Å²) in [5.41, 5.74) is 0. The molecule has 1 saturated carbocycles. The third kappa shape index (κ3) is 2.34. The van der Waals surface area contributed by atoms with Crippen molar-refractivity contribution in [1.82, 2.24) is 0 Å². The number of ether oxygens (including phenoxy) is 3. The van der Waals surface area contributed by atoms with Gasteiger partial charge in [0.15, 0.2) is 12.6 Å². The predicted octanol–water partition coefficient (Wildman–Crippen LogP) is 3.43. The zero-order valence-corrected chi connectivity index (χ0v) is 12.7. The van der Waals surface area contributed by atoms with E-state index in [1.54, 1.807) is 7.11 Å². The van der Waals surface area contributed by atoms with Gasteiger partial charge in [0, 0.05) is 18.9 Å². The Morgan fingerprint density at radius 3 is 2.37 bits per heavy atom. The van der Waals surface area contributed by atoms with E-state index >= 15 is 0 Å². The Labute approximate surface area is 117 Å². The second-order valence-corrected chi connectivity index (χ2v) is 6.95. The maximum Gasteiger partial charge on any atom is 0.164 e. The van der Waals surface area contributed by atoms with Crippen molar-refractivity contribution in [1.29, 1.82) is 0 Å². The van der Waals surface area contributed by atoms with Crippen LogP contribution in [-0.2, 0) is 14.2 Å². The van der Waals surface area contributed by atoms with Crippen molar-refractivity contribution in [3.8, 4) is 0 Å². The SMILES string of the molecule is CO[C@@H]1O[C@@H]2O[C@@H](C)CC[C@@H]3C2[C@@H](CC[C@H]3C)[C@H]1C. The van der Waals surface area contributed by atoms with Crippen molar-refractivity contribution in [2.24, 2.45) is 29.6 Å². The zero-order valence-electron chi connectivity index (χ0n) is 12.7. The molecule has 0 amide bonds. The molecule has 0 N–H and O–H groups in total. The summed E-state index contributed by atoms with van der Waals surface area (Å²) < 4.78 is 17.9. The molecule has 0 bridgehead atoms. The van der Waals surface area contributed by atoms with Gasteiger partial charge >= 0.3 is 0 Å². The van der Waals surface area contributed by atoms with Gasteiger partial charge in [-0.15, -0.1) is 0 Å². The molecule has 1 unspecified atom stereocenters. The van der Waals surface area contributed by atoms with Crippen LogP contribution < -0.4 is 0 Å². The van der Waals surface area contributed by atoms with Crippen molar-refractivity contribution < 1.29 is 14.2 Å². The molecule has 2 aliphatic heterocycles. The molecule has 0 radical (unpaired) electrons. The topological polar surface area (TPSA) is 27.7 Å². The zero-order chi connectivity index (χ0) is 13.6. The van der Waals surface area contributed by atoms with Gasteiger partial charge in [0.2, 0.25) is 0 Å². The summed E-state index contributed by atoms with van der Waals surface area (Å²) >= 11 is 0. The highest BCUT2D eigenvalue weighted by molar-refractivity contribution is 4.95. The highest BCUT2D eigenvalue weighted by Crippen LogP contribution is 2.52. The number of rotatable bonds is 1. The minimum atomic E-state index is -0.0920. The molecule has 19 heavy (non-hydrogen) atoms. The monoisotopic (exact) mass is 268 g/mol. The first-order valence-corrected chi connectivity index (χ1v) is 7.95. The molecular weight excluding hydrogens is 240 g/mol. The van der Waals surface area contributed by atoms with E-state index in [1.807, 2.05) is 0 Å². The molecule has 3 heteroatoms. The van der Waals surface area contributed by atoms with E-state index in [-0.39, 0.29) is 12.6 Å². The molecule has 3 rings (SSSR count). The first-order valence-electron chi connectivity index (χ1n) is 7.95. The first-order chi connectivity index (χ1) is 9.11. The van der Waals surface area contributed by atoms with Crippen molar-refractivity contribution in [3.05, 3.63) is 0 Å². The summed E-state index contributed by atoms with van der Waals surface area (Å²) in [5, 5.41) is 0. The van der Waals surface area contributed by atoms with Crippen molar-refractivity contribution in [2.75, 3.05) is 7.11 Å². The summed E-state index contributed by atoms with van der Waals surface area (Å²) in [4.78, 5) is 0. The van der Waals surface area contributed by atoms with Gasteiger partial charge in [0.05, 0.1) is 6.10 Å². The average Bonchev–Trinajstić information content (AvgIpc) is 2.56. The standard InChI is InChI=1S/C16H28O3/c1-9-5-7-13-11(3)15(17-4)19-16-14(13)12(9)8-6-10(2)18-16/h9-16H,5-8H2,1-4H3/t9-,10+,11-,12+,13+,14?,15-,16+/m1/s1. The minimum Gasteiger partial charge on any atom is -0.355 e. The minimum absolute atomic E-state index is 0.0450. The van der Waals surface area contributed by atoms with E-state index in [0.29, 0.717) is 23.9 Å². The molecule has 110 valence electrons. The molecule has 3 aliphatic rings. The Morgan fingerprint density at radius 2 is 1.63 bits per heavy atom. The Bertz CT molecular complexity index is 319. The third-order valence-electron chi connectivity index (χ3n) is 5.87. The van der Waals surface area contributed by atoms with E-state index < -0.39 is 0 Å². The molecule has 3 fully saturated rings. The fourth-order valence-electron chi connectivity index (χ4n) is 4.72. The second kappa shape index (κ2) is 5.34. The lowest BCUT2D eigenvalue weighted by Gasteiger charge is -2.51. The smallest absolute Gasteiger partial charge is 0.164 e. The van der Waals surface area contributed by atoms with Gasteiger partial charge in [-0.05, 0) is 43.9 Å². The molecule has 2 heterocycles. The van der Waals surface area contributed by atoms with E-state index in [4.69, 9.17) is 14.2 Å². The molecule has 3 nitrogen and oxygen atoms in total. The van der Waals surface area contributed by atoms with E-state index in [9.17, 15) is 0 Å². The van der Waals surface area contributed by atoms with E-state index in [1.165, 1.54) is 25.7 Å². The largest absolute Gasteiger partial charge is 0.355 e. The summed E-state index contributed by atoms with van der Waals surface area (Å²) in [6.45, 7) is 6.89. The molecule has 0 aromatic carbocycles. The normalized spacial score (nSPS) is 54.3. The summed E-state index contributed by atoms with van der Waals surface area (Å²) in [6, 6.07) is 0. The van der Waals surface area contributed by atoms with Crippen LogP contribution in [0.1, 0.15) is 46.5 Å². The number of methoxy groups -OCH3 is 1. The Balaban J connectivity index is 1.89. The number of hydrogen-bond acceptors (Lipinski definition) is 3. The summed E-state index contributed by atoms with van der Waals surface area (Å²) in [5.74, 6) is 3.35. The Kier molecular flexibility index (Phi) is 3.89. The van der Waals surface area contributed by atoms with Crippen LogP contribution in [-0.4, -0.2) is 25.8 Å². The first kappa shape index (κ1) is 13.8. The average molecular weight is 268 g/mol. The molecule has 1 aliphatic carbocycles. The van der Waals surface area contributed by atoms with Crippen molar-refractivity contribution in [3.63, 3.8) is 0 Å². The molecular formula is C16H28O3. The van der Waals surface area contributed by atoms with Crippen LogP contribution in [0.2, 0.25) is 0 Å². The van der Waals surface area contributed by atoms with Crippen LogP contribution in [0.15, 0.2) is 0 Å². The maximum atomic E-state index is 6.18. The maximum absolute atomic E-state index is 6.18. The lowest BCUT2D eigenvalue weighted by molar-refractivity contribution is -0.328. The highest BCUT2D eigenvalue weighted by atomic mass is 16.8. The lowest BCUT2D eigenvalue weighted by Crippen LogP contribution is -2.53. The van der Waals surface area contributed by atoms with E-state index in [2.05, 4.69) is 20.8 Å². The van der Waals surface area contributed by atoms with Crippen LogP contribution in [0.5, 0.6) is 0 Å². The fourth-order valence-corrected chi connectivity index (χ4v) is 4.72.